The van der Waals surface area contributed by atoms with Gasteiger partial charge in [0.15, 0.2) is 0 Å². The Morgan fingerprint density at radius 3 is 2.59 bits per heavy atom. The quantitative estimate of drug-likeness (QED) is 0.544. The van der Waals surface area contributed by atoms with Gasteiger partial charge < -0.3 is 14.5 Å². The van der Waals surface area contributed by atoms with Crippen molar-refractivity contribution in [1.82, 2.24) is 14.7 Å². The topological polar surface area (TPSA) is 70.2 Å². The van der Waals surface area contributed by atoms with Crippen molar-refractivity contribution in [3.8, 4) is 0 Å². The minimum absolute atomic E-state index is 0.0775. The van der Waals surface area contributed by atoms with Gasteiger partial charge in [0.25, 0.3) is 5.91 Å². The number of piperazine rings is 1. The second-order valence-electron chi connectivity index (χ2n) is 5.85. The van der Waals surface area contributed by atoms with Crippen molar-refractivity contribution in [1.29, 1.82) is 0 Å². The van der Waals surface area contributed by atoms with Crippen molar-refractivity contribution in [2.45, 2.75) is 6.92 Å². The molecule has 1 aromatic rings. The average Bonchev–Trinajstić information content (AvgIpc) is 3.26. The largest absolute Gasteiger partial charge is 0.450 e. The van der Waals surface area contributed by atoms with Crippen LogP contribution in [0, 0.1) is 0 Å². The standard InChI is InChI=1S/C17H19N3O4S3/c1-2-24-16(23)19-7-5-18(6-8-19)14(21)11-20-15(22)13(27-17(20)25)10-12-4-3-9-26-12/h3-4,9-10H,2,5-8,11H2,1H3/b13-10+. The fourth-order valence-electron chi connectivity index (χ4n) is 2.73. The maximum Gasteiger partial charge on any atom is 0.409 e. The van der Waals surface area contributed by atoms with Gasteiger partial charge in [-0.1, -0.05) is 30.0 Å². The minimum atomic E-state index is -0.361. The van der Waals surface area contributed by atoms with Crippen molar-refractivity contribution < 1.29 is 19.1 Å². The highest BCUT2D eigenvalue weighted by Crippen LogP contribution is 2.33. The molecule has 0 unspecified atom stereocenters. The third kappa shape index (κ3) is 4.69. The van der Waals surface area contributed by atoms with Crippen LogP contribution in [0.25, 0.3) is 6.08 Å². The lowest BCUT2D eigenvalue weighted by Gasteiger charge is -2.34. The Bertz CT molecular complexity index is 770. The van der Waals surface area contributed by atoms with Crippen molar-refractivity contribution >= 4 is 63.6 Å². The van der Waals surface area contributed by atoms with Crippen LogP contribution in [0.2, 0.25) is 0 Å². The first-order valence-electron chi connectivity index (χ1n) is 8.48. The van der Waals surface area contributed by atoms with Crippen LogP contribution in [0.4, 0.5) is 4.79 Å². The molecule has 0 saturated carbocycles. The Kier molecular flexibility index (Phi) is 6.51. The van der Waals surface area contributed by atoms with Crippen molar-refractivity contribution in [3.05, 3.63) is 27.3 Å². The number of amides is 3. The van der Waals surface area contributed by atoms with Gasteiger partial charge in [-0.25, -0.2) is 4.79 Å². The van der Waals surface area contributed by atoms with Gasteiger partial charge in [-0.3, -0.25) is 14.5 Å². The molecule has 7 nitrogen and oxygen atoms in total. The molecule has 2 fully saturated rings. The molecule has 0 atom stereocenters. The third-order valence-electron chi connectivity index (χ3n) is 4.14. The zero-order chi connectivity index (χ0) is 19.4. The number of nitrogens with zero attached hydrogens (tertiary/aromatic N) is 3. The van der Waals surface area contributed by atoms with Crippen LogP contribution in [0.15, 0.2) is 22.4 Å². The molecule has 0 N–H and O–H groups in total. The molecule has 2 aliphatic rings. The molecule has 2 saturated heterocycles. The van der Waals surface area contributed by atoms with Crippen molar-refractivity contribution in [2.75, 3.05) is 39.3 Å². The predicted octanol–water partition coefficient (Wildman–Crippen LogP) is 2.25. The summed E-state index contributed by atoms with van der Waals surface area (Å²) in [5.41, 5.74) is 0. The first-order chi connectivity index (χ1) is 13.0. The van der Waals surface area contributed by atoms with Gasteiger partial charge in [0.1, 0.15) is 10.9 Å². The Morgan fingerprint density at radius 1 is 1.26 bits per heavy atom. The Morgan fingerprint density at radius 2 is 1.96 bits per heavy atom. The first kappa shape index (κ1) is 19.8. The highest BCUT2D eigenvalue weighted by Gasteiger charge is 2.35. The van der Waals surface area contributed by atoms with Crippen LogP contribution >= 0.6 is 35.3 Å². The summed E-state index contributed by atoms with van der Waals surface area (Å²) in [6, 6.07) is 3.84. The zero-order valence-electron chi connectivity index (χ0n) is 14.8. The average molecular weight is 426 g/mol. The van der Waals surface area contributed by atoms with Crippen LogP contribution in [0.5, 0.6) is 0 Å². The van der Waals surface area contributed by atoms with E-state index in [-0.39, 0.29) is 24.5 Å². The van der Waals surface area contributed by atoms with Gasteiger partial charge in [-0.05, 0) is 24.4 Å². The van der Waals surface area contributed by atoms with Crippen LogP contribution in [-0.4, -0.2) is 76.3 Å². The molecule has 0 radical (unpaired) electrons. The second kappa shape index (κ2) is 8.85. The van der Waals surface area contributed by atoms with Crippen LogP contribution < -0.4 is 0 Å². The van der Waals surface area contributed by atoms with Gasteiger partial charge in [0, 0.05) is 31.1 Å². The summed E-state index contributed by atoms with van der Waals surface area (Å²) in [4.78, 5) is 43.0. The lowest BCUT2D eigenvalue weighted by atomic mass is 10.3. The fraction of sp³-hybridized carbons (Fsp3) is 0.412. The number of thiocarbonyl (C=S) groups is 1. The summed E-state index contributed by atoms with van der Waals surface area (Å²) in [5, 5.41) is 1.94. The SMILES string of the molecule is CCOC(=O)N1CCN(C(=O)CN2C(=O)/C(=C\c3cccs3)SC2=S)CC1. The van der Waals surface area contributed by atoms with Gasteiger partial charge in [-0.2, -0.15) is 0 Å². The molecule has 0 aromatic carbocycles. The molecule has 3 amide bonds. The number of thiophene rings is 1. The number of hydrogen-bond acceptors (Lipinski definition) is 7. The molecule has 0 aliphatic carbocycles. The monoisotopic (exact) mass is 425 g/mol. The number of thioether (sulfide) groups is 1. The highest BCUT2D eigenvalue weighted by molar-refractivity contribution is 8.26. The smallest absolute Gasteiger partial charge is 0.409 e. The van der Waals surface area contributed by atoms with E-state index in [1.54, 1.807) is 22.8 Å². The summed E-state index contributed by atoms with van der Waals surface area (Å²) in [6.45, 7) is 3.67. The Balaban J connectivity index is 1.56. The number of rotatable bonds is 4. The van der Waals surface area contributed by atoms with E-state index >= 15 is 0 Å². The number of carbonyl (C=O) groups excluding carboxylic acids is 3. The molecule has 10 heteroatoms. The van der Waals surface area contributed by atoms with E-state index in [9.17, 15) is 14.4 Å². The molecule has 3 rings (SSSR count). The van der Waals surface area contributed by atoms with E-state index in [2.05, 4.69) is 0 Å². The second-order valence-corrected chi connectivity index (χ2v) is 8.51. The van der Waals surface area contributed by atoms with E-state index in [1.807, 2.05) is 17.5 Å². The maximum atomic E-state index is 12.6. The normalized spacial score (nSPS) is 19.1. The van der Waals surface area contributed by atoms with Crippen molar-refractivity contribution in [2.24, 2.45) is 0 Å². The predicted molar refractivity (Wildman–Crippen MR) is 109 cm³/mol. The van der Waals surface area contributed by atoms with Gasteiger partial charge in [-0.15, -0.1) is 11.3 Å². The molecular formula is C17H19N3O4S3. The summed E-state index contributed by atoms with van der Waals surface area (Å²) in [7, 11) is 0. The third-order valence-corrected chi connectivity index (χ3v) is 6.34. The van der Waals surface area contributed by atoms with Gasteiger partial charge >= 0.3 is 6.09 Å². The van der Waals surface area contributed by atoms with Crippen molar-refractivity contribution in [3.63, 3.8) is 0 Å². The molecule has 144 valence electrons. The van der Waals surface area contributed by atoms with Gasteiger partial charge in [0.2, 0.25) is 5.91 Å². The number of ether oxygens (including phenoxy) is 1. The lowest BCUT2D eigenvalue weighted by Crippen LogP contribution is -2.53. The Labute approximate surface area is 170 Å². The molecule has 2 aliphatic heterocycles. The van der Waals surface area contributed by atoms with E-state index < -0.39 is 0 Å². The molecule has 0 spiro atoms. The maximum absolute atomic E-state index is 12.6. The molecule has 3 heterocycles. The summed E-state index contributed by atoms with van der Waals surface area (Å²) < 4.78 is 5.36. The number of carbonyl (C=O) groups is 3. The number of hydrogen-bond donors (Lipinski definition) is 0. The highest BCUT2D eigenvalue weighted by atomic mass is 32.2. The lowest BCUT2D eigenvalue weighted by molar-refractivity contribution is -0.136. The van der Waals surface area contributed by atoms with E-state index in [0.717, 1.165) is 4.88 Å². The zero-order valence-corrected chi connectivity index (χ0v) is 17.2. The summed E-state index contributed by atoms with van der Waals surface area (Å²) in [6.07, 6.45) is 1.44. The van der Waals surface area contributed by atoms with Crippen LogP contribution in [0.3, 0.4) is 0 Å². The van der Waals surface area contributed by atoms with Gasteiger partial charge in [0.05, 0.1) is 11.5 Å². The molecular weight excluding hydrogens is 406 g/mol. The fourth-order valence-corrected chi connectivity index (χ4v) is 4.71. The van der Waals surface area contributed by atoms with E-state index in [0.29, 0.717) is 42.0 Å². The summed E-state index contributed by atoms with van der Waals surface area (Å²) in [5.74, 6) is -0.413. The summed E-state index contributed by atoms with van der Waals surface area (Å²) >= 11 is 8.03. The van der Waals surface area contributed by atoms with E-state index in [1.165, 1.54) is 28.0 Å². The first-order valence-corrected chi connectivity index (χ1v) is 10.6. The van der Waals surface area contributed by atoms with Crippen LogP contribution in [-0.2, 0) is 14.3 Å². The molecule has 1 aromatic heterocycles. The minimum Gasteiger partial charge on any atom is -0.450 e. The van der Waals surface area contributed by atoms with E-state index in [4.69, 9.17) is 17.0 Å². The molecule has 27 heavy (non-hydrogen) atoms. The Hall–Kier alpha value is -1.91. The molecule has 0 bridgehead atoms. The van der Waals surface area contributed by atoms with Crippen LogP contribution in [0.1, 0.15) is 11.8 Å².